The van der Waals surface area contributed by atoms with Gasteiger partial charge in [-0.15, -0.1) is 11.8 Å². The molecule has 1 aliphatic carbocycles. The van der Waals surface area contributed by atoms with Crippen molar-refractivity contribution in [3.05, 3.63) is 58.7 Å². The van der Waals surface area contributed by atoms with Crippen LogP contribution in [-0.2, 0) is 4.79 Å². The van der Waals surface area contributed by atoms with Crippen molar-refractivity contribution in [2.45, 2.75) is 58.3 Å². The number of carbonyl (C=O) groups is 1. The van der Waals surface area contributed by atoms with E-state index in [0.717, 1.165) is 24.7 Å². The van der Waals surface area contributed by atoms with Crippen molar-refractivity contribution < 1.29 is 4.79 Å². The number of carbonyl (C=O) groups excluding carboxylic acids is 1. The Labute approximate surface area is 157 Å². The summed E-state index contributed by atoms with van der Waals surface area (Å²) in [5.41, 5.74) is 5.22. The first kappa shape index (κ1) is 19.8. The highest BCUT2D eigenvalue weighted by atomic mass is 32.2. The van der Waals surface area contributed by atoms with Crippen LogP contribution in [0.3, 0.4) is 0 Å². The second kappa shape index (κ2) is 9.24. The van der Waals surface area contributed by atoms with Gasteiger partial charge < -0.3 is 0 Å². The molecule has 1 aromatic rings. The summed E-state index contributed by atoms with van der Waals surface area (Å²) in [6, 6.07) is 6.71. The average molecular weight is 355 g/mol. The highest BCUT2D eigenvalue weighted by molar-refractivity contribution is 7.99. The minimum Gasteiger partial charge on any atom is -0.299 e. The molecule has 2 rings (SSSR count). The van der Waals surface area contributed by atoms with E-state index < -0.39 is 0 Å². The highest BCUT2D eigenvalue weighted by Crippen LogP contribution is 2.38. The Bertz CT molecular complexity index is 692. The molecule has 1 aromatic carbocycles. The first-order chi connectivity index (χ1) is 11.9. The minimum absolute atomic E-state index is 0.207. The quantitative estimate of drug-likeness (QED) is 0.232. The predicted molar refractivity (Wildman–Crippen MR) is 111 cm³/mol. The van der Waals surface area contributed by atoms with Gasteiger partial charge in [-0.1, -0.05) is 57.6 Å². The van der Waals surface area contributed by atoms with Crippen molar-refractivity contribution in [1.82, 2.24) is 0 Å². The zero-order valence-electron chi connectivity index (χ0n) is 16.0. The first-order valence-corrected chi connectivity index (χ1v) is 10.2. The van der Waals surface area contributed by atoms with Gasteiger partial charge in [0, 0.05) is 4.90 Å². The van der Waals surface area contributed by atoms with Gasteiger partial charge >= 0.3 is 0 Å². The number of rotatable bonds is 7. The molecule has 2 heteroatoms. The maximum atomic E-state index is 10.8. The second-order valence-electron chi connectivity index (χ2n) is 7.67. The molecule has 1 aliphatic rings. The number of benzene rings is 1. The van der Waals surface area contributed by atoms with Gasteiger partial charge in [-0.25, -0.2) is 0 Å². The van der Waals surface area contributed by atoms with E-state index in [0.29, 0.717) is 0 Å². The van der Waals surface area contributed by atoms with Crippen molar-refractivity contribution in [2.24, 2.45) is 5.41 Å². The van der Waals surface area contributed by atoms with Crippen LogP contribution in [0.4, 0.5) is 0 Å². The topological polar surface area (TPSA) is 17.1 Å². The number of allylic oxidation sites excluding steroid dienone is 5. The van der Waals surface area contributed by atoms with E-state index in [2.05, 4.69) is 64.1 Å². The Morgan fingerprint density at radius 1 is 1.20 bits per heavy atom. The van der Waals surface area contributed by atoms with Crippen molar-refractivity contribution >= 4 is 24.1 Å². The molecule has 0 aliphatic heterocycles. The second-order valence-corrected chi connectivity index (χ2v) is 8.81. The smallest absolute Gasteiger partial charge is 0.143 e. The van der Waals surface area contributed by atoms with E-state index in [1.54, 1.807) is 6.08 Å². The molecule has 0 saturated heterocycles. The summed E-state index contributed by atoms with van der Waals surface area (Å²) in [6.07, 6.45) is 13.7. The molecule has 0 heterocycles. The van der Waals surface area contributed by atoms with Crippen molar-refractivity contribution in [3.63, 3.8) is 0 Å². The lowest BCUT2D eigenvalue weighted by molar-refractivity contribution is -0.104. The monoisotopic (exact) mass is 354 g/mol. The van der Waals surface area contributed by atoms with Crippen molar-refractivity contribution in [1.29, 1.82) is 0 Å². The number of aldehydes is 1. The van der Waals surface area contributed by atoms with Gasteiger partial charge in [0.1, 0.15) is 6.29 Å². The molecule has 0 saturated carbocycles. The van der Waals surface area contributed by atoms with E-state index in [1.165, 1.54) is 40.2 Å². The highest BCUT2D eigenvalue weighted by Gasteiger charge is 2.24. The summed E-state index contributed by atoms with van der Waals surface area (Å²) < 4.78 is 0. The van der Waals surface area contributed by atoms with Crippen LogP contribution in [0.15, 0.2) is 52.5 Å². The number of hydrogen-bond acceptors (Lipinski definition) is 2. The van der Waals surface area contributed by atoms with Gasteiger partial charge in [0.15, 0.2) is 0 Å². The van der Waals surface area contributed by atoms with Crippen molar-refractivity contribution in [2.75, 3.05) is 5.75 Å². The fourth-order valence-electron chi connectivity index (χ4n) is 3.28. The summed E-state index contributed by atoms with van der Waals surface area (Å²) in [7, 11) is 0. The Morgan fingerprint density at radius 2 is 2.00 bits per heavy atom. The molecule has 0 N–H and O–H groups in total. The Balaban J connectivity index is 2.11. The number of hydrogen-bond donors (Lipinski definition) is 0. The van der Waals surface area contributed by atoms with Crippen molar-refractivity contribution in [3.8, 4) is 0 Å². The minimum atomic E-state index is 0.207. The van der Waals surface area contributed by atoms with Gasteiger partial charge in [0.05, 0.1) is 0 Å². The van der Waals surface area contributed by atoms with E-state index in [9.17, 15) is 4.79 Å². The normalized spacial score (nSPS) is 18.6. The van der Waals surface area contributed by atoms with Crippen LogP contribution in [0.1, 0.15) is 57.6 Å². The van der Waals surface area contributed by atoms with Gasteiger partial charge in [-0.3, -0.25) is 4.79 Å². The largest absolute Gasteiger partial charge is 0.299 e. The molecule has 0 spiro atoms. The fraction of sp³-hybridized carbons (Fsp3) is 0.435. The molecule has 0 amide bonds. The molecule has 0 bridgehead atoms. The third-order valence-corrected chi connectivity index (χ3v) is 5.72. The summed E-state index contributed by atoms with van der Waals surface area (Å²) in [6.45, 7) is 8.95. The summed E-state index contributed by atoms with van der Waals surface area (Å²) >= 11 is 1.96. The molecule has 1 nitrogen and oxygen atoms in total. The van der Waals surface area contributed by atoms with Gasteiger partial charge in [0.25, 0.3) is 0 Å². The van der Waals surface area contributed by atoms with Crippen LogP contribution in [0.5, 0.6) is 0 Å². The Morgan fingerprint density at radius 3 is 2.68 bits per heavy atom. The molecule has 0 aromatic heterocycles. The van der Waals surface area contributed by atoms with Crippen LogP contribution in [0, 0.1) is 12.3 Å². The first-order valence-electron chi connectivity index (χ1n) is 9.20. The number of thioether (sulfide) groups is 1. The lowest BCUT2D eigenvalue weighted by atomic mass is 9.75. The van der Waals surface area contributed by atoms with E-state index in [-0.39, 0.29) is 5.41 Å². The third kappa shape index (κ3) is 6.36. The molecular formula is C23H30OS. The SMILES string of the molecule is CCCCSc1ccc(/C=C/C2=CC(=C/C=O)/CC(C)(C)C2)cc1C. The molecule has 0 fully saturated rings. The molecule has 0 unspecified atom stereocenters. The lowest BCUT2D eigenvalue weighted by Gasteiger charge is -2.30. The lowest BCUT2D eigenvalue weighted by Crippen LogP contribution is -2.16. The molecular weight excluding hydrogens is 324 g/mol. The van der Waals surface area contributed by atoms with Gasteiger partial charge in [0.2, 0.25) is 0 Å². The fourth-order valence-corrected chi connectivity index (χ4v) is 4.38. The van der Waals surface area contributed by atoms with Crippen LogP contribution in [0.2, 0.25) is 0 Å². The zero-order chi connectivity index (χ0) is 18.3. The molecule has 0 radical (unpaired) electrons. The van der Waals surface area contributed by atoms with Gasteiger partial charge in [-0.05, 0) is 71.8 Å². The molecule has 134 valence electrons. The van der Waals surface area contributed by atoms with Crippen LogP contribution in [-0.4, -0.2) is 12.0 Å². The maximum absolute atomic E-state index is 10.8. The maximum Gasteiger partial charge on any atom is 0.143 e. The summed E-state index contributed by atoms with van der Waals surface area (Å²) in [4.78, 5) is 12.2. The van der Waals surface area contributed by atoms with E-state index in [1.807, 2.05) is 11.8 Å². The van der Waals surface area contributed by atoms with Crippen LogP contribution >= 0.6 is 11.8 Å². The predicted octanol–water partition coefficient (Wildman–Crippen LogP) is 6.77. The summed E-state index contributed by atoms with van der Waals surface area (Å²) in [5, 5.41) is 0. The Kier molecular flexibility index (Phi) is 7.31. The Hall–Kier alpha value is -1.54. The van der Waals surface area contributed by atoms with Gasteiger partial charge in [-0.2, -0.15) is 0 Å². The van der Waals surface area contributed by atoms with E-state index in [4.69, 9.17) is 0 Å². The molecule has 25 heavy (non-hydrogen) atoms. The number of aryl methyl sites for hydroxylation is 1. The number of unbranched alkanes of at least 4 members (excludes halogenated alkanes) is 1. The standard InChI is InChI=1S/C23H30OS/c1-5-6-13-25-22-10-9-19(14-18(22)2)7-8-20-15-21(11-12-24)17-23(3,4)16-20/h7-12,14-15H,5-6,13,16-17H2,1-4H3/b8-7+,21-11-. The van der Waals surface area contributed by atoms with E-state index >= 15 is 0 Å². The summed E-state index contributed by atoms with van der Waals surface area (Å²) in [5.74, 6) is 1.19. The third-order valence-electron chi connectivity index (χ3n) is 4.46. The van der Waals surface area contributed by atoms with Crippen LogP contribution in [0.25, 0.3) is 6.08 Å². The van der Waals surface area contributed by atoms with Crippen LogP contribution < -0.4 is 0 Å². The zero-order valence-corrected chi connectivity index (χ0v) is 16.8. The average Bonchev–Trinajstić information content (AvgIpc) is 2.54. The molecule has 0 atom stereocenters.